The second-order valence-electron chi connectivity index (χ2n) is 4.05. The van der Waals surface area contributed by atoms with Gasteiger partial charge in [0.1, 0.15) is 5.75 Å². The van der Waals surface area contributed by atoms with Gasteiger partial charge in [-0.05, 0) is 47.0 Å². The topological polar surface area (TPSA) is 35.2 Å². The van der Waals surface area contributed by atoms with E-state index >= 15 is 0 Å². The van der Waals surface area contributed by atoms with Crippen LogP contribution < -0.4 is 10.5 Å². The molecule has 0 radical (unpaired) electrons. The fourth-order valence-electron chi connectivity index (χ4n) is 1.37. The average Bonchev–Trinajstić information content (AvgIpc) is 2.24. The third-order valence-electron chi connectivity index (χ3n) is 2.34. The molecule has 0 fully saturated rings. The van der Waals surface area contributed by atoms with Crippen LogP contribution in [0, 0.1) is 0 Å². The van der Waals surface area contributed by atoms with Gasteiger partial charge in [-0.3, -0.25) is 0 Å². The van der Waals surface area contributed by atoms with Gasteiger partial charge in [0.05, 0.1) is 11.1 Å². The number of hydrogen-bond donors (Lipinski definition) is 1. The molecule has 2 N–H and O–H groups in total. The van der Waals surface area contributed by atoms with Crippen LogP contribution in [0.5, 0.6) is 5.75 Å². The zero-order valence-corrected chi connectivity index (χ0v) is 11.5. The molecule has 1 atom stereocenters. The summed E-state index contributed by atoms with van der Waals surface area (Å²) in [5, 5.41) is 0. The number of benzene rings is 1. The second kappa shape index (κ2) is 6.43. The summed E-state index contributed by atoms with van der Waals surface area (Å²) >= 11 is 3.30. The van der Waals surface area contributed by atoms with Crippen LogP contribution in [0.4, 0.5) is 13.2 Å². The number of hydrogen-bond acceptors (Lipinski definition) is 2. The summed E-state index contributed by atoms with van der Waals surface area (Å²) in [7, 11) is 0. The van der Waals surface area contributed by atoms with Gasteiger partial charge in [0.15, 0.2) is 0 Å². The van der Waals surface area contributed by atoms with Crippen molar-refractivity contribution in [1.82, 2.24) is 0 Å². The predicted molar refractivity (Wildman–Crippen MR) is 67.5 cm³/mol. The van der Waals surface area contributed by atoms with E-state index in [-0.39, 0.29) is 19.1 Å². The lowest BCUT2D eigenvalue weighted by molar-refractivity contribution is -0.136. The first kappa shape index (κ1) is 15.3. The molecule has 0 amide bonds. The van der Waals surface area contributed by atoms with E-state index in [1.165, 1.54) is 0 Å². The predicted octanol–water partition coefficient (Wildman–Crippen LogP) is 4.19. The smallest absolute Gasteiger partial charge is 0.389 e. The van der Waals surface area contributed by atoms with Crippen LogP contribution in [0.3, 0.4) is 0 Å². The maximum absolute atomic E-state index is 11.9. The van der Waals surface area contributed by atoms with E-state index in [0.29, 0.717) is 10.2 Å². The van der Waals surface area contributed by atoms with Crippen molar-refractivity contribution >= 4 is 15.9 Å². The average molecular weight is 326 g/mol. The highest BCUT2D eigenvalue weighted by Gasteiger charge is 2.26. The summed E-state index contributed by atoms with van der Waals surface area (Å²) in [6.45, 7) is 1.89. The zero-order valence-electron chi connectivity index (χ0n) is 9.93. The molecule has 0 aliphatic rings. The molecule has 102 valence electrons. The first-order valence-corrected chi connectivity index (χ1v) is 6.33. The molecule has 0 aromatic heterocycles. The van der Waals surface area contributed by atoms with Gasteiger partial charge < -0.3 is 10.5 Å². The molecule has 1 aromatic carbocycles. The van der Waals surface area contributed by atoms with Crippen LogP contribution in [0.1, 0.15) is 31.4 Å². The number of rotatable bonds is 5. The zero-order chi connectivity index (χ0) is 13.8. The Morgan fingerprint density at radius 1 is 1.39 bits per heavy atom. The third-order valence-corrected chi connectivity index (χ3v) is 2.96. The van der Waals surface area contributed by atoms with Gasteiger partial charge in [0.2, 0.25) is 0 Å². The van der Waals surface area contributed by atoms with E-state index in [4.69, 9.17) is 10.5 Å². The Balaban J connectivity index is 2.48. The first-order valence-electron chi connectivity index (χ1n) is 5.54. The molecule has 1 rings (SSSR count). The Labute approximate surface area is 112 Å². The molecule has 1 aromatic rings. The minimum atomic E-state index is -4.13. The van der Waals surface area contributed by atoms with Crippen LogP contribution in [0.2, 0.25) is 0 Å². The maximum atomic E-state index is 11.9. The minimum Gasteiger partial charge on any atom is -0.492 e. The SMILES string of the molecule is C[C@H](N)c1ccc(OCCCC(F)(F)F)c(Br)c1. The summed E-state index contributed by atoms with van der Waals surface area (Å²) in [5.74, 6) is 0.529. The molecular weight excluding hydrogens is 311 g/mol. The van der Waals surface area contributed by atoms with E-state index in [1.54, 1.807) is 12.1 Å². The van der Waals surface area contributed by atoms with E-state index in [0.717, 1.165) is 5.56 Å². The maximum Gasteiger partial charge on any atom is 0.389 e. The molecule has 0 aliphatic heterocycles. The lowest BCUT2D eigenvalue weighted by Gasteiger charge is -2.12. The normalized spacial score (nSPS) is 13.4. The fourth-order valence-corrected chi connectivity index (χ4v) is 1.88. The van der Waals surface area contributed by atoms with Gasteiger partial charge in [-0.1, -0.05) is 6.07 Å². The molecular formula is C12H15BrF3NO. The van der Waals surface area contributed by atoms with Crippen LogP contribution in [0.25, 0.3) is 0 Å². The van der Waals surface area contributed by atoms with Gasteiger partial charge in [0.25, 0.3) is 0 Å². The molecule has 18 heavy (non-hydrogen) atoms. The molecule has 0 bridgehead atoms. The van der Waals surface area contributed by atoms with Crippen molar-refractivity contribution in [3.8, 4) is 5.75 Å². The second-order valence-corrected chi connectivity index (χ2v) is 4.90. The minimum absolute atomic E-state index is 0.0373. The van der Waals surface area contributed by atoms with Crippen LogP contribution in [0.15, 0.2) is 22.7 Å². The summed E-state index contributed by atoms with van der Waals surface area (Å²) in [6.07, 6.45) is -5.01. The monoisotopic (exact) mass is 325 g/mol. The van der Waals surface area contributed by atoms with Gasteiger partial charge >= 0.3 is 6.18 Å². The van der Waals surface area contributed by atoms with Gasteiger partial charge in [-0.15, -0.1) is 0 Å². The van der Waals surface area contributed by atoms with Crippen molar-refractivity contribution in [2.24, 2.45) is 5.73 Å². The molecule has 0 aliphatic carbocycles. The van der Waals surface area contributed by atoms with Crippen molar-refractivity contribution in [1.29, 1.82) is 0 Å². The summed E-state index contributed by atoms with van der Waals surface area (Å²) in [6, 6.07) is 5.22. The largest absolute Gasteiger partial charge is 0.492 e. The van der Waals surface area contributed by atoms with Crippen molar-refractivity contribution in [3.05, 3.63) is 28.2 Å². The molecule has 6 heteroatoms. The van der Waals surface area contributed by atoms with Gasteiger partial charge in [-0.2, -0.15) is 13.2 Å². The van der Waals surface area contributed by atoms with E-state index in [1.807, 2.05) is 13.0 Å². The van der Waals surface area contributed by atoms with Gasteiger partial charge in [-0.25, -0.2) is 0 Å². The number of alkyl halides is 3. The fraction of sp³-hybridized carbons (Fsp3) is 0.500. The Bertz CT molecular complexity index is 393. The quantitative estimate of drug-likeness (QED) is 0.824. The Morgan fingerprint density at radius 3 is 2.56 bits per heavy atom. The van der Waals surface area contributed by atoms with Crippen LogP contribution in [-0.2, 0) is 0 Å². The Hall–Kier alpha value is -0.750. The van der Waals surface area contributed by atoms with Crippen molar-refractivity contribution in [2.75, 3.05) is 6.61 Å². The molecule has 2 nitrogen and oxygen atoms in total. The van der Waals surface area contributed by atoms with Crippen LogP contribution in [-0.4, -0.2) is 12.8 Å². The van der Waals surface area contributed by atoms with Crippen LogP contribution >= 0.6 is 15.9 Å². The number of halogens is 4. The van der Waals surface area contributed by atoms with E-state index in [2.05, 4.69) is 15.9 Å². The number of ether oxygens (including phenoxy) is 1. The highest BCUT2D eigenvalue weighted by Crippen LogP contribution is 2.28. The van der Waals surface area contributed by atoms with Crippen molar-refractivity contribution in [2.45, 2.75) is 32.0 Å². The standard InChI is InChI=1S/C12H15BrF3NO/c1-8(17)9-3-4-11(10(13)7-9)18-6-2-5-12(14,15)16/h3-4,7-8H,2,5-6,17H2,1H3/t8-/m0/s1. The third kappa shape index (κ3) is 5.27. The molecule has 0 unspecified atom stereocenters. The lowest BCUT2D eigenvalue weighted by Crippen LogP contribution is -2.10. The highest BCUT2D eigenvalue weighted by atomic mass is 79.9. The summed E-state index contributed by atoms with van der Waals surface area (Å²) in [4.78, 5) is 0. The summed E-state index contributed by atoms with van der Waals surface area (Å²) in [5.41, 5.74) is 6.65. The molecule has 0 spiro atoms. The van der Waals surface area contributed by atoms with Crippen molar-refractivity contribution in [3.63, 3.8) is 0 Å². The molecule has 0 saturated heterocycles. The molecule has 0 heterocycles. The van der Waals surface area contributed by atoms with E-state index < -0.39 is 12.6 Å². The Morgan fingerprint density at radius 2 is 2.06 bits per heavy atom. The first-order chi connectivity index (χ1) is 8.29. The lowest BCUT2D eigenvalue weighted by atomic mass is 10.1. The highest BCUT2D eigenvalue weighted by molar-refractivity contribution is 9.10. The van der Waals surface area contributed by atoms with Crippen molar-refractivity contribution < 1.29 is 17.9 Å². The number of nitrogens with two attached hydrogens (primary N) is 1. The Kier molecular flexibility index (Phi) is 5.47. The van der Waals surface area contributed by atoms with Gasteiger partial charge in [0, 0.05) is 12.5 Å². The van der Waals surface area contributed by atoms with E-state index in [9.17, 15) is 13.2 Å². The summed E-state index contributed by atoms with van der Waals surface area (Å²) < 4.78 is 41.7. The molecule has 0 saturated carbocycles.